The van der Waals surface area contributed by atoms with E-state index in [-0.39, 0.29) is 24.5 Å². The molecule has 1 aromatic heterocycles. The standard InChI is InChI=1S/C26H29N3O4/c1-2-32-23-7-3-4-8-24(23)33-19-25(30)29-17-13-21(14-18-29)27-26(31)20-9-11-22(12-10-20)28-15-5-6-16-28/h3-12,15-16,21H,2,13-14,17-19H2,1H3,(H,27,31). The Bertz CT molecular complexity index is 1060. The summed E-state index contributed by atoms with van der Waals surface area (Å²) < 4.78 is 13.2. The lowest BCUT2D eigenvalue weighted by atomic mass is 10.0. The summed E-state index contributed by atoms with van der Waals surface area (Å²) in [6.07, 6.45) is 5.36. The summed E-state index contributed by atoms with van der Waals surface area (Å²) in [4.78, 5) is 27.0. The van der Waals surface area contributed by atoms with Crippen molar-refractivity contribution in [1.29, 1.82) is 0 Å². The van der Waals surface area contributed by atoms with E-state index in [1.165, 1.54) is 0 Å². The van der Waals surface area contributed by atoms with Crippen LogP contribution in [0.3, 0.4) is 0 Å². The van der Waals surface area contributed by atoms with E-state index in [4.69, 9.17) is 9.47 Å². The molecule has 0 radical (unpaired) electrons. The predicted molar refractivity (Wildman–Crippen MR) is 126 cm³/mol. The number of hydrogen-bond donors (Lipinski definition) is 1. The van der Waals surface area contributed by atoms with E-state index in [1.54, 1.807) is 11.0 Å². The van der Waals surface area contributed by atoms with Gasteiger partial charge in [0, 0.05) is 42.8 Å². The zero-order chi connectivity index (χ0) is 23.0. The topological polar surface area (TPSA) is 72.8 Å². The van der Waals surface area contributed by atoms with E-state index in [2.05, 4.69) is 5.32 Å². The van der Waals surface area contributed by atoms with Crippen LogP contribution in [0.15, 0.2) is 73.1 Å². The Morgan fingerprint density at radius 3 is 2.18 bits per heavy atom. The van der Waals surface area contributed by atoms with Crippen molar-refractivity contribution in [2.75, 3.05) is 26.3 Å². The van der Waals surface area contributed by atoms with Crippen LogP contribution in [0.1, 0.15) is 30.1 Å². The van der Waals surface area contributed by atoms with E-state index in [9.17, 15) is 9.59 Å². The monoisotopic (exact) mass is 447 g/mol. The van der Waals surface area contributed by atoms with Gasteiger partial charge in [-0.1, -0.05) is 12.1 Å². The zero-order valence-corrected chi connectivity index (χ0v) is 18.8. The minimum Gasteiger partial charge on any atom is -0.490 e. The summed E-state index contributed by atoms with van der Waals surface area (Å²) in [6, 6.07) is 18.8. The van der Waals surface area contributed by atoms with Gasteiger partial charge in [-0.2, -0.15) is 0 Å². The maximum atomic E-state index is 12.6. The minimum atomic E-state index is -0.0882. The summed E-state index contributed by atoms with van der Waals surface area (Å²) >= 11 is 0. The molecule has 7 nitrogen and oxygen atoms in total. The van der Waals surface area contributed by atoms with Gasteiger partial charge < -0.3 is 24.3 Å². The van der Waals surface area contributed by atoms with Gasteiger partial charge in [-0.15, -0.1) is 0 Å². The van der Waals surface area contributed by atoms with Gasteiger partial charge in [0.05, 0.1) is 6.61 Å². The van der Waals surface area contributed by atoms with Gasteiger partial charge in [0.2, 0.25) is 0 Å². The number of nitrogens with zero attached hydrogens (tertiary/aromatic N) is 2. The Morgan fingerprint density at radius 2 is 1.55 bits per heavy atom. The summed E-state index contributed by atoms with van der Waals surface area (Å²) in [7, 11) is 0. The van der Waals surface area contributed by atoms with Crippen LogP contribution >= 0.6 is 0 Å². The lowest BCUT2D eigenvalue weighted by Crippen LogP contribution is -2.47. The molecule has 172 valence electrons. The number of benzene rings is 2. The van der Waals surface area contributed by atoms with Gasteiger partial charge in [-0.05, 0) is 68.3 Å². The van der Waals surface area contributed by atoms with E-state index >= 15 is 0 Å². The molecule has 0 bridgehead atoms. The molecule has 2 aromatic carbocycles. The van der Waals surface area contributed by atoms with Gasteiger partial charge >= 0.3 is 0 Å². The summed E-state index contributed by atoms with van der Waals surface area (Å²) in [5, 5.41) is 3.10. The van der Waals surface area contributed by atoms with E-state index in [1.807, 2.05) is 78.5 Å². The normalized spacial score (nSPS) is 14.0. The first-order valence-corrected chi connectivity index (χ1v) is 11.3. The Hall–Kier alpha value is -3.74. The molecule has 33 heavy (non-hydrogen) atoms. The molecule has 0 unspecified atom stereocenters. The van der Waals surface area contributed by atoms with E-state index < -0.39 is 0 Å². The second-order valence-electron chi connectivity index (χ2n) is 7.93. The number of likely N-dealkylation sites (tertiary alicyclic amines) is 1. The molecular formula is C26H29N3O4. The molecule has 1 fully saturated rings. The molecule has 2 amide bonds. The Kier molecular flexibility index (Phi) is 7.29. The molecule has 1 saturated heterocycles. The maximum Gasteiger partial charge on any atom is 0.260 e. The molecule has 1 N–H and O–H groups in total. The first-order chi connectivity index (χ1) is 16.1. The fraction of sp³-hybridized carbons (Fsp3) is 0.308. The van der Waals surface area contributed by atoms with Gasteiger partial charge in [0.25, 0.3) is 11.8 Å². The van der Waals surface area contributed by atoms with Crippen LogP contribution in [0, 0.1) is 0 Å². The summed E-state index contributed by atoms with van der Waals surface area (Å²) in [5.74, 6) is 1.05. The fourth-order valence-electron chi connectivity index (χ4n) is 3.91. The highest BCUT2D eigenvalue weighted by Crippen LogP contribution is 2.26. The molecular weight excluding hydrogens is 418 g/mol. The zero-order valence-electron chi connectivity index (χ0n) is 18.8. The van der Waals surface area contributed by atoms with Crippen molar-refractivity contribution in [1.82, 2.24) is 14.8 Å². The number of ether oxygens (including phenoxy) is 2. The maximum absolute atomic E-state index is 12.6. The SMILES string of the molecule is CCOc1ccccc1OCC(=O)N1CCC(NC(=O)c2ccc(-n3cccc3)cc2)CC1. The second kappa shape index (κ2) is 10.7. The third-order valence-corrected chi connectivity index (χ3v) is 5.72. The van der Waals surface area contributed by atoms with Crippen LogP contribution in [0.4, 0.5) is 0 Å². The van der Waals surface area contributed by atoms with E-state index in [0.717, 1.165) is 5.69 Å². The van der Waals surface area contributed by atoms with Crippen molar-refractivity contribution in [2.24, 2.45) is 0 Å². The van der Waals surface area contributed by atoms with Crippen molar-refractivity contribution >= 4 is 11.8 Å². The first kappa shape index (κ1) is 22.5. The fourth-order valence-corrected chi connectivity index (χ4v) is 3.91. The Labute approximate surface area is 193 Å². The average Bonchev–Trinajstić information content (AvgIpc) is 3.39. The van der Waals surface area contributed by atoms with Crippen LogP contribution in [0.25, 0.3) is 5.69 Å². The molecule has 2 heterocycles. The highest BCUT2D eigenvalue weighted by Gasteiger charge is 2.24. The molecule has 1 aliphatic rings. The van der Waals surface area contributed by atoms with Crippen LogP contribution in [0.5, 0.6) is 11.5 Å². The van der Waals surface area contributed by atoms with Crippen molar-refractivity contribution in [3.05, 3.63) is 78.6 Å². The van der Waals surface area contributed by atoms with E-state index in [0.29, 0.717) is 49.6 Å². The van der Waals surface area contributed by atoms with Crippen LogP contribution in [-0.2, 0) is 4.79 Å². The summed E-state index contributed by atoms with van der Waals surface area (Å²) in [5.41, 5.74) is 1.64. The van der Waals surface area contributed by atoms with Crippen LogP contribution in [-0.4, -0.2) is 53.6 Å². The molecule has 1 aliphatic heterocycles. The molecule has 0 spiro atoms. The number of carbonyl (C=O) groups excluding carboxylic acids is 2. The number of amides is 2. The number of rotatable bonds is 8. The lowest BCUT2D eigenvalue weighted by Gasteiger charge is -2.32. The van der Waals surface area contributed by atoms with Crippen molar-refractivity contribution in [2.45, 2.75) is 25.8 Å². The van der Waals surface area contributed by atoms with Crippen LogP contribution in [0.2, 0.25) is 0 Å². The number of hydrogen-bond acceptors (Lipinski definition) is 4. The molecule has 7 heteroatoms. The number of piperidine rings is 1. The highest BCUT2D eigenvalue weighted by atomic mass is 16.5. The smallest absolute Gasteiger partial charge is 0.260 e. The predicted octanol–water partition coefficient (Wildman–Crippen LogP) is 3.68. The minimum absolute atomic E-state index is 0.0329. The van der Waals surface area contributed by atoms with Gasteiger partial charge in [-0.3, -0.25) is 9.59 Å². The average molecular weight is 448 g/mol. The molecule has 0 aliphatic carbocycles. The highest BCUT2D eigenvalue weighted by molar-refractivity contribution is 5.94. The number of para-hydroxylation sites is 2. The third-order valence-electron chi connectivity index (χ3n) is 5.72. The Balaban J connectivity index is 1.23. The second-order valence-corrected chi connectivity index (χ2v) is 7.93. The van der Waals surface area contributed by atoms with Gasteiger partial charge in [0.1, 0.15) is 0 Å². The van der Waals surface area contributed by atoms with Crippen molar-refractivity contribution in [3.8, 4) is 17.2 Å². The largest absolute Gasteiger partial charge is 0.490 e. The molecule has 0 saturated carbocycles. The number of carbonyl (C=O) groups is 2. The third kappa shape index (κ3) is 5.74. The quantitative estimate of drug-likeness (QED) is 0.572. The Morgan fingerprint density at radius 1 is 0.909 bits per heavy atom. The van der Waals surface area contributed by atoms with Crippen molar-refractivity contribution < 1.29 is 19.1 Å². The lowest BCUT2D eigenvalue weighted by molar-refractivity contribution is -0.134. The van der Waals surface area contributed by atoms with Crippen LogP contribution < -0.4 is 14.8 Å². The number of nitrogens with one attached hydrogen (secondary N) is 1. The summed E-state index contributed by atoms with van der Waals surface area (Å²) in [6.45, 7) is 3.59. The van der Waals surface area contributed by atoms with Gasteiger partial charge in [0.15, 0.2) is 18.1 Å². The van der Waals surface area contributed by atoms with Crippen molar-refractivity contribution in [3.63, 3.8) is 0 Å². The first-order valence-electron chi connectivity index (χ1n) is 11.3. The molecule has 4 rings (SSSR count). The number of aromatic nitrogens is 1. The molecule has 3 aromatic rings. The molecule has 0 atom stereocenters. The van der Waals surface area contributed by atoms with Gasteiger partial charge in [-0.25, -0.2) is 0 Å².